The Labute approximate surface area is 150 Å². The van der Waals surface area contributed by atoms with Gasteiger partial charge in [0.1, 0.15) is 6.61 Å². The fraction of sp³-hybridized carbons (Fsp3) is 0.312. The van der Waals surface area contributed by atoms with E-state index in [0.717, 1.165) is 9.88 Å². The van der Waals surface area contributed by atoms with Gasteiger partial charge in [0.05, 0.1) is 26.7 Å². The maximum Gasteiger partial charge on any atom is 0.259 e. The molecule has 7 nitrogen and oxygen atoms in total. The number of para-hydroxylation sites is 2. The molecule has 1 N–H and O–H groups in total. The van der Waals surface area contributed by atoms with Crippen molar-refractivity contribution in [2.24, 2.45) is 0 Å². The van der Waals surface area contributed by atoms with Crippen LogP contribution in [0, 0.1) is 6.92 Å². The predicted octanol–water partition coefficient (Wildman–Crippen LogP) is 3.13. The summed E-state index contributed by atoms with van der Waals surface area (Å²) in [6.07, 6.45) is 2.24. The van der Waals surface area contributed by atoms with Gasteiger partial charge in [-0.15, -0.1) is 11.3 Å². The second-order valence-corrected chi connectivity index (χ2v) is 8.58. The van der Waals surface area contributed by atoms with Crippen molar-refractivity contribution in [3.05, 3.63) is 40.3 Å². The van der Waals surface area contributed by atoms with E-state index < -0.39 is 10.0 Å². The molecule has 0 saturated carbocycles. The largest absolute Gasteiger partial charge is 0.469 e. The highest BCUT2D eigenvalue weighted by Gasteiger charge is 2.17. The van der Waals surface area contributed by atoms with E-state index in [1.54, 1.807) is 25.3 Å². The van der Waals surface area contributed by atoms with Gasteiger partial charge in [-0.1, -0.05) is 19.1 Å². The van der Waals surface area contributed by atoms with Gasteiger partial charge < -0.3 is 4.74 Å². The number of aryl methyl sites for hydroxylation is 1. The third-order valence-electron chi connectivity index (χ3n) is 3.28. The van der Waals surface area contributed by atoms with Crippen LogP contribution >= 0.6 is 11.3 Å². The lowest BCUT2D eigenvalue weighted by atomic mass is 10.3. The first-order valence-corrected chi connectivity index (χ1v) is 10.2. The summed E-state index contributed by atoms with van der Waals surface area (Å²) in [5.41, 5.74) is 1.23. The van der Waals surface area contributed by atoms with E-state index in [1.807, 2.05) is 19.1 Å². The second-order valence-electron chi connectivity index (χ2n) is 5.42. The minimum Gasteiger partial charge on any atom is -0.469 e. The van der Waals surface area contributed by atoms with Crippen molar-refractivity contribution >= 4 is 38.2 Å². The fourth-order valence-electron chi connectivity index (χ4n) is 2.23. The van der Waals surface area contributed by atoms with Gasteiger partial charge in [0, 0.05) is 6.20 Å². The zero-order valence-corrected chi connectivity index (χ0v) is 15.5. The van der Waals surface area contributed by atoms with Gasteiger partial charge in [-0.25, -0.2) is 23.4 Å². The summed E-state index contributed by atoms with van der Waals surface area (Å²) in [6.45, 7) is 3.96. The first-order chi connectivity index (χ1) is 12.0. The number of hydrogen-bond donors (Lipinski definition) is 1. The summed E-state index contributed by atoms with van der Waals surface area (Å²) in [5, 5.41) is 0.937. The lowest BCUT2D eigenvalue weighted by Gasteiger charge is -2.12. The maximum atomic E-state index is 12.1. The molecule has 0 atom stereocenters. The highest BCUT2D eigenvalue weighted by atomic mass is 32.2. The van der Waals surface area contributed by atoms with Gasteiger partial charge in [-0.05, 0) is 25.5 Å². The highest BCUT2D eigenvalue weighted by molar-refractivity contribution is 7.92. The van der Waals surface area contributed by atoms with E-state index in [1.165, 1.54) is 11.3 Å². The fourth-order valence-corrected chi connectivity index (χ4v) is 4.00. The van der Waals surface area contributed by atoms with E-state index in [0.29, 0.717) is 17.5 Å². The Balaban J connectivity index is 1.94. The molecule has 0 unspecified atom stereocenters. The Morgan fingerprint density at radius 2 is 1.92 bits per heavy atom. The number of hydrogen-bond acceptors (Lipinski definition) is 7. The van der Waals surface area contributed by atoms with Crippen LogP contribution in [0.25, 0.3) is 11.0 Å². The number of nitrogens with zero attached hydrogens (tertiary/aromatic N) is 3. The topological polar surface area (TPSA) is 94.1 Å². The van der Waals surface area contributed by atoms with Gasteiger partial charge in [0.2, 0.25) is 15.8 Å². The Morgan fingerprint density at radius 3 is 2.56 bits per heavy atom. The molecule has 9 heteroatoms. The highest BCUT2D eigenvalue weighted by Crippen LogP contribution is 2.26. The van der Waals surface area contributed by atoms with Crippen molar-refractivity contribution in [1.82, 2.24) is 15.0 Å². The number of thiazole rings is 1. The Bertz CT molecular complexity index is 986. The normalized spacial score (nSPS) is 11.6. The number of sulfonamides is 1. The molecule has 3 aromatic rings. The Morgan fingerprint density at radius 1 is 1.20 bits per heavy atom. The summed E-state index contributed by atoms with van der Waals surface area (Å²) in [5.74, 6) is 0.271. The van der Waals surface area contributed by atoms with Crippen LogP contribution in [0.5, 0.6) is 5.88 Å². The van der Waals surface area contributed by atoms with Crippen LogP contribution in [0.1, 0.15) is 23.2 Å². The van der Waals surface area contributed by atoms with Crippen LogP contribution in [-0.2, 0) is 16.6 Å². The molecule has 1 aromatic carbocycles. The van der Waals surface area contributed by atoms with Crippen molar-refractivity contribution < 1.29 is 13.2 Å². The van der Waals surface area contributed by atoms with Crippen molar-refractivity contribution in [3.8, 4) is 5.88 Å². The minimum atomic E-state index is -3.50. The van der Waals surface area contributed by atoms with Crippen LogP contribution in [0.15, 0.2) is 30.5 Å². The zero-order chi connectivity index (χ0) is 17.9. The molecule has 25 heavy (non-hydrogen) atoms. The van der Waals surface area contributed by atoms with Crippen molar-refractivity contribution in [2.45, 2.75) is 26.9 Å². The molecule has 132 valence electrons. The SMILES string of the molecule is CCCS(=O)(=O)Nc1nc2ccccc2nc1OCc1cnc(C)s1. The quantitative estimate of drug-likeness (QED) is 0.679. The standard InChI is InChI=1S/C16H18N4O3S2/c1-3-8-25(21,22)20-15-16(23-10-12-9-17-11(2)24-12)19-14-7-5-4-6-13(14)18-15/h4-7,9H,3,8,10H2,1-2H3,(H,18,20). The number of benzene rings is 1. The van der Waals surface area contributed by atoms with Gasteiger partial charge >= 0.3 is 0 Å². The molecular formula is C16H18N4O3S2. The molecule has 0 bridgehead atoms. The van der Waals surface area contributed by atoms with Gasteiger partial charge in [-0.3, -0.25) is 4.72 Å². The number of nitrogens with one attached hydrogen (secondary N) is 1. The van der Waals surface area contributed by atoms with Crippen LogP contribution < -0.4 is 9.46 Å². The molecule has 0 aliphatic rings. The molecule has 0 fully saturated rings. The number of fused-ring (bicyclic) bond motifs is 1. The zero-order valence-electron chi connectivity index (χ0n) is 13.9. The van der Waals surface area contributed by atoms with Crippen molar-refractivity contribution in [3.63, 3.8) is 0 Å². The monoisotopic (exact) mass is 378 g/mol. The lowest BCUT2D eigenvalue weighted by molar-refractivity contribution is 0.299. The first kappa shape index (κ1) is 17.6. The molecule has 0 aliphatic carbocycles. The Hall–Kier alpha value is -2.26. The second kappa shape index (κ2) is 7.32. The minimum absolute atomic E-state index is 0.00891. The summed E-state index contributed by atoms with van der Waals surface area (Å²) < 4.78 is 32.5. The van der Waals surface area contributed by atoms with Crippen molar-refractivity contribution in [2.75, 3.05) is 10.5 Å². The molecule has 0 saturated heterocycles. The molecule has 0 aliphatic heterocycles. The third-order valence-corrected chi connectivity index (χ3v) is 5.62. The number of ether oxygens (including phenoxy) is 1. The summed E-state index contributed by atoms with van der Waals surface area (Å²) in [4.78, 5) is 13.9. The number of aromatic nitrogens is 3. The Kier molecular flexibility index (Phi) is 5.14. The average molecular weight is 378 g/mol. The summed E-state index contributed by atoms with van der Waals surface area (Å²) >= 11 is 1.51. The first-order valence-electron chi connectivity index (χ1n) is 7.78. The van der Waals surface area contributed by atoms with E-state index in [4.69, 9.17) is 4.74 Å². The van der Waals surface area contributed by atoms with E-state index in [9.17, 15) is 8.42 Å². The number of rotatable bonds is 7. The van der Waals surface area contributed by atoms with Gasteiger partial charge in [0.25, 0.3) is 5.88 Å². The van der Waals surface area contributed by atoms with Gasteiger partial charge in [-0.2, -0.15) is 0 Å². The maximum absolute atomic E-state index is 12.1. The number of anilines is 1. The summed E-state index contributed by atoms with van der Waals surface area (Å²) in [6, 6.07) is 7.24. The average Bonchev–Trinajstić information content (AvgIpc) is 2.98. The predicted molar refractivity (Wildman–Crippen MR) is 98.4 cm³/mol. The van der Waals surface area contributed by atoms with E-state index >= 15 is 0 Å². The van der Waals surface area contributed by atoms with Crippen molar-refractivity contribution in [1.29, 1.82) is 0 Å². The van der Waals surface area contributed by atoms with Crippen LogP contribution in [0.4, 0.5) is 5.82 Å². The third kappa shape index (κ3) is 4.43. The van der Waals surface area contributed by atoms with E-state index in [2.05, 4.69) is 19.7 Å². The van der Waals surface area contributed by atoms with Crippen LogP contribution in [-0.4, -0.2) is 29.1 Å². The summed E-state index contributed by atoms with van der Waals surface area (Å²) in [7, 11) is -3.50. The molecule has 0 radical (unpaired) electrons. The van der Waals surface area contributed by atoms with Gasteiger partial charge in [0.15, 0.2) is 0 Å². The van der Waals surface area contributed by atoms with E-state index in [-0.39, 0.29) is 24.1 Å². The molecular weight excluding hydrogens is 360 g/mol. The molecule has 2 aromatic heterocycles. The smallest absolute Gasteiger partial charge is 0.259 e. The molecule has 3 rings (SSSR count). The molecule has 0 spiro atoms. The molecule has 0 amide bonds. The van der Waals surface area contributed by atoms with Crippen LogP contribution in [0.3, 0.4) is 0 Å². The molecule has 2 heterocycles. The van der Waals surface area contributed by atoms with Crippen LogP contribution in [0.2, 0.25) is 0 Å². The lowest BCUT2D eigenvalue weighted by Crippen LogP contribution is -2.18.